The fourth-order valence-electron chi connectivity index (χ4n) is 3.28. The summed E-state index contributed by atoms with van der Waals surface area (Å²) < 4.78 is 0. The fraction of sp³-hybridized carbons (Fsp3) is 0.526. The molecule has 1 saturated heterocycles. The van der Waals surface area contributed by atoms with Gasteiger partial charge >= 0.3 is 0 Å². The number of benzene rings is 1. The van der Waals surface area contributed by atoms with Crippen molar-refractivity contribution in [3.8, 4) is 0 Å². The van der Waals surface area contributed by atoms with E-state index in [9.17, 15) is 0 Å². The third-order valence-electron chi connectivity index (χ3n) is 5.12. The van der Waals surface area contributed by atoms with E-state index in [1.165, 1.54) is 5.69 Å². The van der Waals surface area contributed by atoms with Crippen LogP contribution in [0.2, 0.25) is 0 Å². The maximum atomic E-state index is 8.40. The Hall–Kier alpha value is -1.85. The first-order valence-electron chi connectivity index (χ1n) is 8.76. The molecule has 2 heterocycles. The van der Waals surface area contributed by atoms with E-state index in [1.807, 2.05) is 6.07 Å². The number of fused-ring (bicyclic) bond motifs is 1. The molecule has 0 bridgehead atoms. The van der Waals surface area contributed by atoms with Gasteiger partial charge < -0.3 is 15.6 Å². The van der Waals surface area contributed by atoms with E-state index < -0.39 is 0 Å². The molecule has 5 heteroatoms. The standard InChI is InChI=1S/C19H27N5/c1-13(24(2)3)10-17(20)15-4-5-16-18(11-15)22-12-23-19(16)14-6-8-21-9-7-14/h4-5,11-14,20-21H,6-10H2,1-3H3/t13-/m1/s1. The first kappa shape index (κ1) is 17.0. The highest BCUT2D eigenvalue weighted by molar-refractivity contribution is 6.01. The molecule has 0 amide bonds. The van der Waals surface area contributed by atoms with Gasteiger partial charge in [-0.1, -0.05) is 12.1 Å². The molecule has 1 aromatic carbocycles. The maximum absolute atomic E-state index is 8.40. The van der Waals surface area contributed by atoms with Crippen molar-refractivity contribution in [1.82, 2.24) is 20.2 Å². The zero-order chi connectivity index (χ0) is 17.1. The highest BCUT2D eigenvalue weighted by atomic mass is 15.1. The molecule has 0 unspecified atom stereocenters. The van der Waals surface area contributed by atoms with Crippen LogP contribution in [0, 0.1) is 5.41 Å². The van der Waals surface area contributed by atoms with Crippen LogP contribution in [-0.4, -0.2) is 53.8 Å². The van der Waals surface area contributed by atoms with E-state index in [1.54, 1.807) is 6.33 Å². The molecule has 1 atom stereocenters. The van der Waals surface area contributed by atoms with E-state index in [-0.39, 0.29) is 0 Å². The molecule has 0 aliphatic carbocycles. The third kappa shape index (κ3) is 3.62. The van der Waals surface area contributed by atoms with Crippen LogP contribution < -0.4 is 5.32 Å². The number of nitrogens with one attached hydrogen (secondary N) is 2. The average molecular weight is 325 g/mol. The lowest BCUT2D eigenvalue weighted by atomic mass is 9.91. The van der Waals surface area contributed by atoms with E-state index >= 15 is 0 Å². The normalized spacial score (nSPS) is 17.3. The zero-order valence-electron chi connectivity index (χ0n) is 14.8. The van der Waals surface area contributed by atoms with E-state index in [4.69, 9.17) is 5.41 Å². The first-order chi connectivity index (χ1) is 11.6. The molecule has 5 nitrogen and oxygen atoms in total. The van der Waals surface area contributed by atoms with Crippen molar-refractivity contribution in [1.29, 1.82) is 5.41 Å². The van der Waals surface area contributed by atoms with Gasteiger partial charge in [-0.2, -0.15) is 0 Å². The zero-order valence-corrected chi connectivity index (χ0v) is 14.8. The van der Waals surface area contributed by atoms with Crippen molar-refractivity contribution < 1.29 is 0 Å². The lowest BCUT2D eigenvalue weighted by molar-refractivity contribution is 0.321. The molecule has 1 aromatic heterocycles. The molecule has 1 aliphatic heterocycles. The molecule has 24 heavy (non-hydrogen) atoms. The molecule has 2 N–H and O–H groups in total. The van der Waals surface area contributed by atoms with Crippen molar-refractivity contribution in [2.45, 2.75) is 38.1 Å². The van der Waals surface area contributed by atoms with Crippen molar-refractivity contribution in [3.63, 3.8) is 0 Å². The summed E-state index contributed by atoms with van der Waals surface area (Å²) in [6.45, 7) is 4.26. The average Bonchev–Trinajstić information content (AvgIpc) is 2.61. The van der Waals surface area contributed by atoms with Gasteiger partial charge in [0.15, 0.2) is 0 Å². The Bertz CT molecular complexity index is 719. The summed E-state index contributed by atoms with van der Waals surface area (Å²) in [5.74, 6) is 0.510. The number of piperidine rings is 1. The Morgan fingerprint density at radius 1 is 1.29 bits per heavy atom. The maximum Gasteiger partial charge on any atom is 0.116 e. The molecule has 2 aromatic rings. The van der Waals surface area contributed by atoms with Crippen LogP contribution in [0.3, 0.4) is 0 Å². The number of aromatic nitrogens is 2. The summed E-state index contributed by atoms with van der Waals surface area (Å²) in [6, 6.07) is 6.56. The first-order valence-corrected chi connectivity index (χ1v) is 8.76. The summed E-state index contributed by atoms with van der Waals surface area (Å²) in [5, 5.41) is 12.9. The largest absolute Gasteiger partial charge is 0.317 e. The Kier molecular flexibility index (Phi) is 5.21. The Labute approximate surface area is 144 Å². The minimum Gasteiger partial charge on any atom is -0.317 e. The number of rotatable bonds is 5. The predicted octanol–water partition coefficient (Wildman–Crippen LogP) is 2.80. The quantitative estimate of drug-likeness (QED) is 0.830. The predicted molar refractivity (Wildman–Crippen MR) is 99.0 cm³/mol. The van der Waals surface area contributed by atoms with E-state index in [0.29, 0.717) is 17.7 Å². The van der Waals surface area contributed by atoms with Gasteiger partial charge in [0.05, 0.1) is 11.2 Å². The van der Waals surface area contributed by atoms with Gasteiger partial charge in [-0.05, 0) is 58.6 Å². The second-order valence-corrected chi connectivity index (χ2v) is 7.01. The van der Waals surface area contributed by atoms with E-state index in [0.717, 1.165) is 48.8 Å². The monoisotopic (exact) mass is 325 g/mol. The SMILES string of the molecule is C[C@H](CC(=N)c1ccc2c(C3CCNCC3)ncnc2c1)N(C)C. The van der Waals surface area contributed by atoms with Crippen molar-refractivity contribution >= 4 is 16.6 Å². The van der Waals surface area contributed by atoms with Gasteiger partial charge in [0.2, 0.25) is 0 Å². The minimum absolute atomic E-state index is 0.351. The molecule has 1 aliphatic rings. The minimum atomic E-state index is 0.351. The second kappa shape index (κ2) is 7.36. The summed E-state index contributed by atoms with van der Waals surface area (Å²) in [6.07, 6.45) is 4.67. The van der Waals surface area contributed by atoms with Crippen molar-refractivity contribution in [2.24, 2.45) is 0 Å². The van der Waals surface area contributed by atoms with Crippen LogP contribution in [0.15, 0.2) is 24.5 Å². The van der Waals surface area contributed by atoms with Gasteiger partial charge in [0.1, 0.15) is 6.33 Å². The summed E-state index contributed by atoms with van der Waals surface area (Å²) in [4.78, 5) is 11.2. The number of hydrogen-bond donors (Lipinski definition) is 2. The third-order valence-corrected chi connectivity index (χ3v) is 5.12. The molecule has 0 radical (unpaired) electrons. The lowest BCUT2D eigenvalue weighted by Crippen LogP contribution is -2.27. The fourth-order valence-corrected chi connectivity index (χ4v) is 3.28. The van der Waals surface area contributed by atoms with Crippen LogP contribution >= 0.6 is 0 Å². The van der Waals surface area contributed by atoms with Gasteiger partial charge in [0, 0.05) is 29.5 Å². The highest BCUT2D eigenvalue weighted by Crippen LogP contribution is 2.29. The van der Waals surface area contributed by atoms with Gasteiger partial charge in [-0.15, -0.1) is 0 Å². The van der Waals surface area contributed by atoms with Crippen LogP contribution in [-0.2, 0) is 0 Å². The van der Waals surface area contributed by atoms with Gasteiger partial charge in [-0.3, -0.25) is 0 Å². The van der Waals surface area contributed by atoms with Crippen molar-refractivity contribution in [3.05, 3.63) is 35.8 Å². The second-order valence-electron chi connectivity index (χ2n) is 7.01. The van der Waals surface area contributed by atoms with E-state index in [2.05, 4.69) is 53.3 Å². The van der Waals surface area contributed by atoms with Gasteiger partial charge in [-0.25, -0.2) is 9.97 Å². The Morgan fingerprint density at radius 2 is 2.04 bits per heavy atom. The smallest absolute Gasteiger partial charge is 0.116 e. The summed E-state index contributed by atoms with van der Waals surface area (Å²) >= 11 is 0. The molecular weight excluding hydrogens is 298 g/mol. The molecule has 1 fully saturated rings. The molecule has 0 saturated carbocycles. The van der Waals surface area contributed by atoms with Crippen LogP contribution in [0.1, 0.15) is 43.4 Å². The highest BCUT2D eigenvalue weighted by Gasteiger charge is 2.19. The number of hydrogen-bond acceptors (Lipinski definition) is 5. The summed E-state index contributed by atoms with van der Waals surface area (Å²) in [7, 11) is 4.10. The topological polar surface area (TPSA) is 64.9 Å². The van der Waals surface area contributed by atoms with Crippen LogP contribution in [0.4, 0.5) is 0 Å². The van der Waals surface area contributed by atoms with Crippen LogP contribution in [0.5, 0.6) is 0 Å². The summed E-state index contributed by atoms with van der Waals surface area (Å²) in [5.41, 5.74) is 3.76. The molecule has 128 valence electrons. The Morgan fingerprint density at radius 3 is 2.75 bits per heavy atom. The van der Waals surface area contributed by atoms with Crippen molar-refractivity contribution in [2.75, 3.05) is 27.2 Å². The number of nitrogens with zero attached hydrogens (tertiary/aromatic N) is 3. The Balaban J connectivity index is 1.88. The molecular formula is C19H27N5. The van der Waals surface area contributed by atoms with Gasteiger partial charge in [0.25, 0.3) is 0 Å². The lowest BCUT2D eigenvalue weighted by Gasteiger charge is -2.23. The molecule has 0 spiro atoms. The van der Waals surface area contributed by atoms with Crippen LogP contribution in [0.25, 0.3) is 10.9 Å². The molecule has 3 rings (SSSR count).